The number of rotatable bonds is 1. The van der Waals surface area contributed by atoms with Crippen LogP contribution >= 0.6 is 11.6 Å². The summed E-state index contributed by atoms with van der Waals surface area (Å²) in [5.41, 5.74) is 0.462. The molecule has 1 saturated heterocycles. The fourth-order valence-electron chi connectivity index (χ4n) is 1.62. The molecule has 1 fully saturated rings. The first-order valence-corrected chi connectivity index (χ1v) is 5.09. The molecule has 15 heavy (non-hydrogen) atoms. The van der Waals surface area contributed by atoms with Crippen LogP contribution in [0, 0.1) is 0 Å². The van der Waals surface area contributed by atoms with Crippen LogP contribution in [0.3, 0.4) is 0 Å². The topological polar surface area (TPSA) is 33.2 Å². The molecule has 1 aliphatic heterocycles. The van der Waals surface area contributed by atoms with Crippen LogP contribution in [0.25, 0.3) is 0 Å². The second kappa shape index (κ2) is 4.14. The van der Waals surface area contributed by atoms with Gasteiger partial charge < -0.3 is 4.90 Å². The Morgan fingerprint density at radius 2 is 2.47 bits per heavy atom. The number of carbonyl (C=O) groups excluding carboxylic acids is 1. The van der Waals surface area contributed by atoms with Crippen LogP contribution in [0.1, 0.15) is 16.8 Å². The van der Waals surface area contributed by atoms with Gasteiger partial charge in [-0.1, -0.05) is 11.6 Å². The SMILES string of the molecule is O=C(c1ccnc(Cl)c1)N1CCC(F)C1. The van der Waals surface area contributed by atoms with Gasteiger partial charge in [0.1, 0.15) is 11.3 Å². The Balaban J connectivity index is 2.14. The normalized spacial score (nSPS) is 20.7. The van der Waals surface area contributed by atoms with Crippen LogP contribution in [0.5, 0.6) is 0 Å². The molecule has 1 amide bonds. The lowest BCUT2D eigenvalue weighted by Gasteiger charge is -2.14. The molecule has 2 rings (SSSR count). The summed E-state index contributed by atoms with van der Waals surface area (Å²) in [4.78, 5) is 17.1. The van der Waals surface area contributed by atoms with Crippen LogP contribution in [0.2, 0.25) is 5.15 Å². The molecule has 0 saturated carbocycles. The van der Waals surface area contributed by atoms with E-state index in [0.29, 0.717) is 18.5 Å². The lowest BCUT2D eigenvalue weighted by molar-refractivity contribution is 0.0782. The smallest absolute Gasteiger partial charge is 0.254 e. The van der Waals surface area contributed by atoms with E-state index in [0.717, 1.165) is 0 Å². The van der Waals surface area contributed by atoms with Gasteiger partial charge >= 0.3 is 0 Å². The fraction of sp³-hybridized carbons (Fsp3) is 0.400. The summed E-state index contributed by atoms with van der Waals surface area (Å²) >= 11 is 5.67. The van der Waals surface area contributed by atoms with E-state index in [9.17, 15) is 9.18 Å². The van der Waals surface area contributed by atoms with E-state index >= 15 is 0 Å². The maximum Gasteiger partial charge on any atom is 0.254 e. The van der Waals surface area contributed by atoms with Crippen molar-refractivity contribution in [2.45, 2.75) is 12.6 Å². The Hall–Kier alpha value is -1.16. The quantitative estimate of drug-likeness (QED) is 0.688. The Kier molecular flexibility index (Phi) is 2.86. The van der Waals surface area contributed by atoms with E-state index in [-0.39, 0.29) is 17.6 Å². The van der Waals surface area contributed by atoms with Gasteiger partial charge in [-0.3, -0.25) is 4.79 Å². The predicted octanol–water partition coefficient (Wildman–Crippen LogP) is 1.92. The number of amides is 1. The zero-order valence-corrected chi connectivity index (χ0v) is 8.75. The Labute approximate surface area is 91.9 Å². The lowest BCUT2D eigenvalue weighted by Crippen LogP contribution is -2.28. The molecule has 3 nitrogen and oxygen atoms in total. The summed E-state index contributed by atoms with van der Waals surface area (Å²) in [5, 5.41) is 0.275. The maximum atomic E-state index is 12.9. The molecular formula is C10H10ClFN2O. The van der Waals surface area contributed by atoms with E-state index < -0.39 is 6.17 Å². The molecule has 0 N–H and O–H groups in total. The van der Waals surface area contributed by atoms with Gasteiger partial charge in [0, 0.05) is 18.3 Å². The Bertz CT molecular complexity index is 385. The number of likely N-dealkylation sites (tertiary alicyclic amines) is 1. The summed E-state index contributed by atoms with van der Waals surface area (Å²) in [5.74, 6) is -0.181. The number of hydrogen-bond donors (Lipinski definition) is 0. The number of halogens is 2. The second-order valence-corrected chi connectivity index (χ2v) is 3.89. The van der Waals surface area contributed by atoms with Gasteiger partial charge in [-0.25, -0.2) is 9.37 Å². The van der Waals surface area contributed by atoms with Crippen molar-refractivity contribution >= 4 is 17.5 Å². The summed E-state index contributed by atoms with van der Waals surface area (Å²) in [6.07, 6.45) is 0.995. The summed E-state index contributed by atoms with van der Waals surface area (Å²) in [7, 11) is 0. The molecule has 80 valence electrons. The molecule has 1 unspecified atom stereocenters. The van der Waals surface area contributed by atoms with Gasteiger partial charge in [0.2, 0.25) is 0 Å². The van der Waals surface area contributed by atoms with E-state index in [1.807, 2.05) is 0 Å². The number of hydrogen-bond acceptors (Lipinski definition) is 2. The van der Waals surface area contributed by atoms with Crippen LogP contribution in [0.15, 0.2) is 18.3 Å². The molecule has 0 radical (unpaired) electrons. The third-order valence-corrected chi connectivity index (χ3v) is 2.60. The molecule has 1 aromatic rings. The minimum atomic E-state index is -0.897. The van der Waals surface area contributed by atoms with Gasteiger partial charge in [0.05, 0.1) is 6.54 Å². The molecule has 2 heterocycles. The third kappa shape index (κ3) is 2.26. The molecule has 0 aliphatic carbocycles. The highest BCUT2D eigenvalue weighted by Gasteiger charge is 2.26. The van der Waals surface area contributed by atoms with Gasteiger partial charge in [-0.2, -0.15) is 0 Å². The standard InChI is InChI=1S/C10H10ClFN2O/c11-9-5-7(1-3-13-9)10(15)14-4-2-8(12)6-14/h1,3,5,8H,2,4,6H2. The number of carbonyl (C=O) groups is 1. The number of nitrogens with zero attached hydrogens (tertiary/aromatic N) is 2. The highest BCUT2D eigenvalue weighted by atomic mass is 35.5. The van der Waals surface area contributed by atoms with Crippen molar-refractivity contribution in [1.82, 2.24) is 9.88 Å². The molecule has 5 heteroatoms. The first-order chi connectivity index (χ1) is 7.16. The lowest BCUT2D eigenvalue weighted by atomic mass is 10.2. The largest absolute Gasteiger partial charge is 0.336 e. The van der Waals surface area contributed by atoms with E-state index in [4.69, 9.17) is 11.6 Å². The molecule has 0 aromatic carbocycles. The molecule has 0 spiro atoms. The monoisotopic (exact) mass is 228 g/mol. The van der Waals surface area contributed by atoms with Crippen molar-refractivity contribution in [2.24, 2.45) is 0 Å². The van der Waals surface area contributed by atoms with Gasteiger partial charge in [0.15, 0.2) is 0 Å². The Morgan fingerprint density at radius 1 is 1.67 bits per heavy atom. The molecule has 1 aromatic heterocycles. The summed E-state index contributed by atoms with van der Waals surface area (Å²) < 4.78 is 12.9. The zero-order chi connectivity index (χ0) is 10.8. The van der Waals surface area contributed by atoms with Gasteiger partial charge in [-0.15, -0.1) is 0 Å². The molecule has 0 bridgehead atoms. The fourth-order valence-corrected chi connectivity index (χ4v) is 1.79. The highest BCUT2D eigenvalue weighted by Crippen LogP contribution is 2.16. The maximum absolute atomic E-state index is 12.9. The van der Waals surface area contributed by atoms with Gasteiger partial charge in [-0.05, 0) is 18.6 Å². The van der Waals surface area contributed by atoms with Crippen LogP contribution in [-0.2, 0) is 0 Å². The first-order valence-electron chi connectivity index (χ1n) is 4.72. The number of alkyl halides is 1. The van der Waals surface area contributed by atoms with Crippen molar-refractivity contribution in [3.63, 3.8) is 0 Å². The van der Waals surface area contributed by atoms with Crippen LogP contribution in [0.4, 0.5) is 4.39 Å². The van der Waals surface area contributed by atoms with E-state index in [1.165, 1.54) is 17.2 Å². The highest BCUT2D eigenvalue weighted by molar-refractivity contribution is 6.29. The summed E-state index contributed by atoms with van der Waals surface area (Å²) in [6, 6.07) is 3.08. The minimum absolute atomic E-state index is 0.179. The molecule has 1 atom stereocenters. The van der Waals surface area contributed by atoms with Crippen molar-refractivity contribution in [1.29, 1.82) is 0 Å². The first kappa shape index (κ1) is 10.4. The summed E-state index contributed by atoms with van der Waals surface area (Å²) in [6.45, 7) is 0.652. The average molecular weight is 229 g/mol. The second-order valence-electron chi connectivity index (χ2n) is 3.50. The van der Waals surface area contributed by atoms with Crippen molar-refractivity contribution in [2.75, 3.05) is 13.1 Å². The van der Waals surface area contributed by atoms with E-state index in [2.05, 4.69) is 4.98 Å². The molecule has 1 aliphatic rings. The zero-order valence-electron chi connectivity index (χ0n) is 7.99. The van der Waals surface area contributed by atoms with Crippen molar-refractivity contribution in [3.8, 4) is 0 Å². The van der Waals surface area contributed by atoms with E-state index in [1.54, 1.807) is 6.07 Å². The Morgan fingerprint density at radius 3 is 3.07 bits per heavy atom. The van der Waals surface area contributed by atoms with Crippen LogP contribution < -0.4 is 0 Å². The van der Waals surface area contributed by atoms with Crippen LogP contribution in [-0.4, -0.2) is 35.1 Å². The third-order valence-electron chi connectivity index (χ3n) is 2.39. The molecular weight excluding hydrogens is 219 g/mol. The van der Waals surface area contributed by atoms with Crippen molar-refractivity contribution < 1.29 is 9.18 Å². The minimum Gasteiger partial charge on any atom is -0.336 e. The van der Waals surface area contributed by atoms with Gasteiger partial charge in [0.25, 0.3) is 5.91 Å². The van der Waals surface area contributed by atoms with Crippen molar-refractivity contribution in [3.05, 3.63) is 29.0 Å². The predicted molar refractivity (Wildman–Crippen MR) is 54.7 cm³/mol. The number of pyridine rings is 1. The average Bonchev–Trinajstić information content (AvgIpc) is 2.64. The number of aromatic nitrogens is 1.